The van der Waals surface area contributed by atoms with Crippen LogP contribution in [0.4, 0.5) is 0 Å². The van der Waals surface area contributed by atoms with Gasteiger partial charge in [-0.2, -0.15) is 0 Å². The molecule has 0 aliphatic carbocycles. The van der Waals surface area contributed by atoms with E-state index in [1.54, 1.807) is 44.8 Å². The highest BCUT2D eigenvalue weighted by molar-refractivity contribution is 7.07. The van der Waals surface area contributed by atoms with Crippen LogP contribution in [0.25, 0.3) is 16.8 Å². The fourth-order valence-corrected chi connectivity index (χ4v) is 5.69. The number of methoxy groups -OCH3 is 2. The Morgan fingerprint density at radius 2 is 1.86 bits per heavy atom. The van der Waals surface area contributed by atoms with E-state index in [2.05, 4.69) is 4.99 Å². The molecule has 0 amide bonds. The van der Waals surface area contributed by atoms with Crippen molar-refractivity contribution in [3.63, 3.8) is 0 Å². The molecule has 37 heavy (non-hydrogen) atoms. The Balaban J connectivity index is 1.78. The van der Waals surface area contributed by atoms with E-state index in [0.717, 1.165) is 21.9 Å². The van der Waals surface area contributed by atoms with Gasteiger partial charge in [0, 0.05) is 11.6 Å². The molecule has 7 nitrogen and oxygen atoms in total. The molecular weight excluding hydrogens is 488 g/mol. The van der Waals surface area contributed by atoms with Crippen LogP contribution in [0.2, 0.25) is 0 Å². The highest BCUT2D eigenvalue weighted by atomic mass is 32.1. The minimum atomic E-state index is -0.679. The summed E-state index contributed by atoms with van der Waals surface area (Å²) >= 11 is 1.28. The number of carbonyl (C=O) groups excluding carboxylic acids is 1. The number of fused-ring (bicyclic) bond motifs is 2. The fourth-order valence-electron chi connectivity index (χ4n) is 4.65. The first kappa shape index (κ1) is 24.5. The van der Waals surface area contributed by atoms with Crippen molar-refractivity contribution in [2.75, 3.05) is 20.8 Å². The third-order valence-corrected chi connectivity index (χ3v) is 7.35. The maximum absolute atomic E-state index is 13.9. The topological polar surface area (TPSA) is 79.1 Å². The lowest BCUT2D eigenvalue weighted by Crippen LogP contribution is -2.40. The third kappa shape index (κ3) is 4.34. The van der Waals surface area contributed by atoms with Gasteiger partial charge in [0.05, 0.1) is 42.7 Å². The molecule has 0 bridgehead atoms. The Hall–Kier alpha value is -4.17. The van der Waals surface area contributed by atoms with E-state index in [0.29, 0.717) is 32.1 Å². The zero-order chi connectivity index (χ0) is 26.1. The van der Waals surface area contributed by atoms with Crippen LogP contribution in [-0.2, 0) is 9.53 Å². The van der Waals surface area contributed by atoms with Crippen LogP contribution in [-0.4, -0.2) is 31.4 Å². The number of hydrogen-bond donors (Lipinski definition) is 0. The van der Waals surface area contributed by atoms with Gasteiger partial charge in [0.15, 0.2) is 4.80 Å². The summed E-state index contributed by atoms with van der Waals surface area (Å²) in [7, 11) is 3.16. The second-order valence-electron chi connectivity index (χ2n) is 8.48. The average molecular weight is 515 g/mol. The standard InChI is InChI=1S/C29H26N2O5S/c1-5-36-28(33)25-17(2)30-29-31(26(25)22-12-8-10-18-9-6-7-11-21(18)22)27(32)24(37-29)15-19-13-14-20(34-3)16-23(19)35-4/h6-16,26H,5H2,1-4H3/b24-15-/t26-/m0/s1. The number of esters is 1. The molecule has 8 heteroatoms. The lowest BCUT2D eigenvalue weighted by atomic mass is 9.91. The number of ether oxygens (including phenoxy) is 3. The maximum Gasteiger partial charge on any atom is 0.338 e. The van der Waals surface area contributed by atoms with E-state index >= 15 is 0 Å². The van der Waals surface area contributed by atoms with Crippen LogP contribution < -0.4 is 24.4 Å². The van der Waals surface area contributed by atoms with Gasteiger partial charge in [0.25, 0.3) is 5.56 Å². The quantitative estimate of drug-likeness (QED) is 0.364. The summed E-state index contributed by atoms with van der Waals surface area (Å²) in [6.45, 7) is 3.77. The van der Waals surface area contributed by atoms with Crippen LogP contribution in [0.15, 0.2) is 81.7 Å². The van der Waals surface area contributed by atoms with Crippen molar-refractivity contribution in [1.29, 1.82) is 0 Å². The molecule has 0 N–H and O–H groups in total. The number of allylic oxidation sites excluding steroid dienone is 1. The highest BCUT2D eigenvalue weighted by Gasteiger charge is 2.34. The number of benzene rings is 3. The van der Waals surface area contributed by atoms with E-state index in [1.165, 1.54) is 11.3 Å². The van der Waals surface area contributed by atoms with E-state index in [-0.39, 0.29) is 12.2 Å². The summed E-state index contributed by atoms with van der Waals surface area (Å²) in [6.07, 6.45) is 1.78. The van der Waals surface area contributed by atoms with E-state index < -0.39 is 12.0 Å². The van der Waals surface area contributed by atoms with Gasteiger partial charge in [-0.3, -0.25) is 9.36 Å². The SMILES string of the molecule is CCOC(=O)C1=C(C)N=c2s/c(=C\c3ccc(OC)cc3OC)c(=O)n2[C@H]1c1cccc2ccccc12. The molecule has 1 aliphatic heterocycles. The first-order valence-corrected chi connectivity index (χ1v) is 12.7. The molecule has 1 aromatic heterocycles. The van der Waals surface area contributed by atoms with Gasteiger partial charge >= 0.3 is 5.97 Å². The summed E-state index contributed by atoms with van der Waals surface area (Å²) in [5.74, 6) is 0.757. The van der Waals surface area contributed by atoms with Gasteiger partial charge in [-0.1, -0.05) is 53.8 Å². The lowest BCUT2D eigenvalue weighted by molar-refractivity contribution is -0.139. The molecule has 0 unspecified atom stereocenters. The van der Waals surface area contributed by atoms with Crippen LogP contribution in [0.3, 0.4) is 0 Å². The number of carbonyl (C=O) groups is 1. The molecule has 0 fully saturated rings. The second kappa shape index (κ2) is 10.1. The summed E-state index contributed by atoms with van der Waals surface area (Å²) in [5, 5.41) is 1.97. The molecule has 3 aromatic carbocycles. The maximum atomic E-state index is 13.9. The van der Waals surface area contributed by atoms with E-state index in [1.807, 2.05) is 54.6 Å². The van der Waals surface area contributed by atoms with Crippen LogP contribution >= 0.6 is 11.3 Å². The van der Waals surface area contributed by atoms with Gasteiger partial charge in [-0.15, -0.1) is 0 Å². The number of hydrogen-bond acceptors (Lipinski definition) is 7. The van der Waals surface area contributed by atoms with Crippen molar-refractivity contribution in [2.24, 2.45) is 4.99 Å². The van der Waals surface area contributed by atoms with Crippen molar-refractivity contribution in [2.45, 2.75) is 19.9 Å². The first-order chi connectivity index (χ1) is 18.0. The number of rotatable bonds is 6. The number of nitrogens with zero attached hydrogens (tertiary/aromatic N) is 2. The summed E-state index contributed by atoms with van der Waals surface area (Å²) in [4.78, 5) is 32.3. The minimum Gasteiger partial charge on any atom is -0.497 e. The van der Waals surface area contributed by atoms with Crippen molar-refractivity contribution in [3.8, 4) is 11.5 Å². The Kier molecular flexibility index (Phi) is 6.67. The molecule has 4 aromatic rings. The van der Waals surface area contributed by atoms with Gasteiger partial charge < -0.3 is 14.2 Å². The summed E-state index contributed by atoms with van der Waals surface area (Å²) < 4.78 is 18.3. The van der Waals surface area contributed by atoms with Crippen molar-refractivity contribution >= 4 is 34.2 Å². The Labute approximate surface area is 217 Å². The molecule has 1 atom stereocenters. The second-order valence-corrected chi connectivity index (χ2v) is 9.49. The first-order valence-electron chi connectivity index (χ1n) is 11.9. The highest BCUT2D eigenvalue weighted by Crippen LogP contribution is 2.35. The van der Waals surface area contributed by atoms with Gasteiger partial charge in [0.2, 0.25) is 0 Å². The molecule has 2 heterocycles. The molecule has 0 spiro atoms. The molecule has 188 valence electrons. The number of aromatic nitrogens is 1. The van der Waals surface area contributed by atoms with Gasteiger partial charge in [-0.25, -0.2) is 9.79 Å². The molecule has 1 aliphatic rings. The van der Waals surface area contributed by atoms with Crippen LogP contribution in [0, 0.1) is 0 Å². The molecule has 0 saturated carbocycles. The average Bonchev–Trinajstić information content (AvgIpc) is 3.22. The molecule has 0 radical (unpaired) electrons. The number of thiazole rings is 1. The Morgan fingerprint density at radius 3 is 2.62 bits per heavy atom. The molecular formula is C29H26N2O5S. The van der Waals surface area contributed by atoms with Gasteiger partial charge in [0.1, 0.15) is 11.5 Å². The summed E-state index contributed by atoms with van der Waals surface area (Å²) in [6, 6.07) is 18.6. The smallest absolute Gasteiger partial charge is 0.338 e. The monoisotopic (exact) mass is 514 g/mol. The minimum absolute atomic E-state index is 0.222. The zero-order valence-corrected chi connectivity index (χ0v) is 21.8. The van der Waals surface area contributed by atoms with Crippen molar-refractivity contribution in [3.05, 3.63) is 103 Å². The molecule has 0 saturated heterocycles. The normalized spacial score (nSPS) is 15.4. The van der Waals surface area contributed by atoms with Crippen molar-refractivity contribution < 1.29 is 19.0 Å². The predicted molar refractivity (Wildman–Crippen MR) is 144 cm³/mol. The Morgan fingerprint density at radius 1 is 1.08 bits per heavy atom. The molecule has 5 rings (SSSR count). The lowest BCUT2D eigenvalue weighted by Gasteiger charge is -2.25. The van der Waals surface area contributed by atoms with E-state index in [9.17, 15) is 9.59 Å². The van der Waals surface area contributed by atoms with Crippen LogP contribution in [0.5, 0.6) is 11.5 Å². The summed E-state index contributed by atoms with van der Waals surface area (Å²) in [5.41, 5.74) is 2.22. The van der Waals surface area contributed by atoms with Crippen molar-refractivity contribution in [1.82, 2.24) is 4.57 Å². The predicted octanol–water partition coefficient (Wildman–Crippen LogP) is 3.97. The van der Waals surface area contributed by atoms with Gasteiger partial charge in [-0.05, 0) is 48.4 Å². The van der Waals surface area contributed by atoms with Crippen LogP contribution in [0.1, 0.15) is 31.0 Å². The van der Waals surface area contributed by atoms with E-state index in [4.69, 9.17) is 14.2 Å². The Bertz CT molecular complexity index is 1730. The fraction of sp³-hybridized carbons (Fsp3) is 0.207. The largest absolute Gasteiger partial charge is 0.497 e. The zero-order valence-electron chi connectivity index (χ0n) is 21.0. The third-order valence-electron chi connectivity index (χ3n) is 6.36.